The van der Waals surface area contributed by atoms with E-state index in [1.54, 1.807) is 12.4 Å². The summed E-state index contributed by atoms with van der Waals surface area (Å²) in [5, 5.41) is 5.05. The number of carbonyl (C=O) groups is 1. The average Bonchev–Trinajstić information content (AvgIpc) is 3.32. The van der Waals surface area contributed by atoms with Crippen LogP contribution in [-0.2, 0) is 0 Å². The van der Waals surface area contributed by atoms with E-state index < -0.39 is 5.91 Å². The number of rotatable bonds is 4. The second-order valence-corrected chi connectivity index (χ2v) is 6.77. The number of hydrogen-bond acceptors (Lipinski definition) is 7. The monoisotopic (exact) mass is 377 g/mol. The number of hydrogen-bond donors (Lipinski definition) is 1. The Hall–Kier alpha value is -3.39. The minimum Gasteiger partial charge on any atom is -0.429 e. The molecule has 134 valence electrons. The van der Waals surface area contributed by atoms with Crippen LogP contribution in [0.1, 0.15) is 21.7 Å². The molecule has 8 heteroatoms. The Balaban J connectivity index is 1.51. The topological polar surface area (TPSA) is 93.8 Å². The maximum atomic E-state index is 12.4. The zero-order chi connectivity index (χ0) is 18.8. The molecule has 4 heterocycles. The number of nitrogens with one attached hydrogen (secondary N) is 1. The molecular formula is C19H15N5O2S. The van der Waals surface area contributed by atoms with Crippen LogP contribution in [0.5, 0.6) is 0 Å². The fourth-order valence-corrected chi connectivity index (χ4v) is 3.19. The van der Waals surface area contributed by atoms with Gasteiger partial charge in [-0.05, 0) is 43.2 Å². The molecule has 27 heavy (non-hydrogen) atoms. The molecule has 0 aliphatic carbocycles. The van der Waals surface area contributed by atoms with E-state index in [9.17, 15) is 4.79 Å². The molecule has 0 fully saturated rings. The summed E-state index contributed by atoms with van der Waals surface area (Å²) in [6.07, 6.45) is 4.77. The summed E-state index contributed by atoms with van der Waals surface area (Å²) >= 11 is 1.32. The smallest absolute Gasteiger partial charge is 0.294 e. The zero-order valence-electron chi connectivity index (χ0n) is 14.6. The van der Waals surface area contributed by atoms with Gasteiger partial charge in [-0.25, -0.2) is 9.97 Å². The van der Waals surface area contributed by atoms with Crippen LogP contribution in [0, 0.1) is 13.8 Å². The van der Waals surface area contributed by atoms with Crippen molar-refractivity contribution in [3.05, 3.63) is 65.1 Å². The molecule has 0 aliphatic heterocycles. The molecule has 0 spiro atoms. The lowest BCUT2D eigenvalue weighted by molar-refractivity contribution is 0.0997. The Bertz CT molecular complexity index is 1120. The van der Waals surface area contributed by atoms with Crippen molar-refractivity contribution < 1.29 is 9.21 Å². The first-order chi connectivity index (χ1) is 13.1. The zero-order valence-corrected chi connectivity index (χ0v) is 15.4. The molecule has 0 radical (unpaired) electrons. The van der Waals surface area contributed by atoms with Crippen molar-refractivity contribution >= 4 is 22.4 Å². The van der Waals surface area contributed by atoms with Crippen LogP contribution in [0.3, 0.4) is 0 Å². The molecule has 0 aromatic carbocycles. The lowest BCUT2D eigenvalue weighted by Gasteiger charge is -2.00. The minimum absolute atomic E-state index is 0.0964. The SMILES string of the molecule is Cc1ccnc(-c2ncc(C(=O)Nc3nc(-c4ncccc4C)cs3)o2)c1. The maximum absolute atomic E-state index is 12.4. The number of thiazole rings is 1. The fourth-order valence-electron chi connectivity index (χ4n) is 2.50. The highest BCUT2D eigenvalue weighted by atomic mass is 32.1. The van der Waals surface area contributed by atoms with Crippen LogP contribution >= 0.6 is 11.3 Å². The first-order valence-corrected chi connectivity index (χ1v) is 9.06. The van der Waals surface area contributed by atoms with E-state index in [2.05, 4.69) is 25.3 Å². The van der Waals surface area contributed by atoms with Crippen LogP contribution in [-0.4, -0.2) is 25.8 Å². The van der Waals surface area contributed by atoms with Gasteiger partial charge in [0.25, 0.3) is 5.91 Å². The van der Waals surface area contributed by atoms with Gasteiger partial charge in [0.1, 0.15) is 11.4 Å². The van der Waals surface area contributed by atoms with Crippen molar-refractivity contribution in [2.75, 3.05) is 5.32 Å². The van der Waals surface area contributed by atoms with E-state index in [1.165, 1.54) is 17.5 Å². The number of nitrogens with zero attached hydrogens (tertiary/aromatic N) is 4. The van der Waals surface area contributed by atoms with Crippen molar-refractivity contribution in [2.45, 2.75) is 13.8 Å². The summed E-state index contributed by atoms with van der Waals surface area (Å²) < 4.78 is 5.55. The van der Waals surface area contributed by atoms with Gasteiger partial charge in [0.05, 0.1) is 11.9 Å². The second kappa shape index (κ2) is 7.08. The van der Waals surface area contributed by atoms with Gasteiger partial charge in [-0.15, -0.1) is 11.3 Å². The summed E-state index contributed by atoms with van der Waals surface area (Å²) in [5.41, 5.74) is 4.14. The highest BCUT2D eigenvalue weighted by molar-refractivity contribution is 7.14. The third-order valence-corrected chi connectivity index (χ3v) is 4.60. The first kappa shape index (κ1) is 17.0. The van der Waals surface area contributed by atoms with E-state index in [4.69, 9.17) is 4.42 Å². The molecule has 0 unspecified atom stereocenters. The molecule has 0 bridgehead atoms. The Morgan fingerprint density at radius 3 is 2.81 bits per heavy atom. The Morgan fingerprint density at radius 1 is 1.11 bits per heavy atom. The third-order valence-electron chi connectivity index (χ3n) is 3.84. The van der Waals surface area contributed by atoms with Crippen molar-refractivity contribution in [2.24, 2.45) is 0 Å². The van der Waals surface area contributed by atoms with Crippen LogP contribution < -0.4 is 5.32 Å². The summed E-state index contributed by atoms with van der Waals surface area (Å²) in [4.78, 5) is 29.5. The van der Waals surface area contributed by atoms with Crippen molar-refractivity contribution in [1.29, 1.82) is 0 Å². The Kier molecular flexibility index (Phi) is 4.47. The molecule has 0 aliphatic rings. The number of oxazole rings is 1. The molecular weight excluding hydrogens is 362 g/mol. The van der Waals surface area contributed by atoms with Crippen LogP contribution in [0.4, 0.5) is 5.13 Å². The molecule has 4 aromatic heterocycles. The first-order valence-electron chi connectivity index (χ1n) is 8.18. The van der Waals surface area contributed by atoms with Gasteiger partial charge >= 0.3 is 0 Å². The quantitative estimate of drug-likeness (QED) is 0.575. The lowest BCUT2D eigenvalue weighted by Crippen LogP contribution is -2.10. The molecule has 4 rings (SSSR count). The average molecular weight is 377 g/mol. The lowest BCUT2D eigenvalue weighted by atomic mass is 10.2. The van der Waals surface area contributed by atoms with E-state index in [0.717, 1.165) is 22.5 Å². The predicted octanol–water partition coefficient (Wildman–Crippen LogP) is 4.12. The van der Waals surface area contributed by atoms with Crippen LogP contribution in [0.15, 0.2) is 52.7 Å². The van der Waals surface area contributed by atoms with E-state index >= 15 is 0 Å². The molecule has 0 saturated carbocycles. The van der Waals surface area contributed by atoms with E-state index in [-0.39, 0.29) is 5.76 Å². The maximum Gasteiger partial charge on any atom is 0.294 e. The number of anilines is 1. The summed E-state index contributed by atoms with van der Waals surface area (Å²) in [6, 6.07) is 7.56. The van der Waals surface area contributed by atoms with Gasteiger partial charge in [0.2, 0.25) is 11.7 Å². The van der Waals surface area contributed by atoms with Gasteiger partial charge in [0, 0.05) is 17.8 Å². The Morgan fingerprint density at radius 2 is 2.00 bits per heavy atom. The highest BCUT2D eigenvalue weighted by Crippen LogP contribution is 2.26. The van der Waals surface area contributed by atoms with Gasteiger partial charge in [-0.3, -0.25) is 20.1 Å². The number of aryl methyl sites for hydroxylation is 2. The van der Waals surface area contributed by atoms with Crippen molar-refractivity contribution in [1.82, 2.24) is 19.9 Å². The van der Waals surface area contributed by atoms with Gasteiger partial charge < -0.3 is 4.42 Å². The molecule has 0 atom stereocenters. The number of aromatic nitrogens is 4. The van der Waals surface area contributed by atoms with Crippen LogP contribution in [0.25, 0.3) is 23.0 Å². The highest BCUT2D eigenvalue weighted by Gasteiger charge is 2.17. The summed E-state index contributed by atoms with van der Waals surface area (Å²) in [5.74, 6) is -0.0214. The predicted molar refractivity (Wildman–Crippen MR) is 103 cm³/mol. The fraction of sp³-hybridized carbons (Fsp3) is 0.105. The summed E-state index contributed by atoms with van der Waals surface area (Å²) in [7, 11) is 0. The van der Waals surface area contributed by atoms with Gasteiger partial charge in [-0.1, -0.05) is 6.07 Å². The number of pyridine rings is 2. The second-order valence-electron chi connectivity index (χ2n) is 5.91. The standard InChI is InChI=1S/C19H15N5O2S/c1-11-5-7-20-13(8-11)18-22-9-15(26-18)17(25)24-19-23-14(10-27-19)16-12(2)4-3-6-21-16/h3-10H,1-2H3,(H,23,24,25). The number of carbonyl (C=O) groups excluding carboxylic acids is 1. The van der Waals surface area contributed by atoms with E-state index in [0.29, 0.717) is 16.7 Å². The van der Waals surface area contributed by atoms with Gasteiger partial charge in [-0.2, -0.15) is 0 Å². The Labute approximate surface area is 159 Å². The minimum atomic E-state index is -0.417. The van der Waals surface area contributed by atoms with Crippen molar-refractivity contribution in [3.63, 3.8) is 0 Å². The van der Waals surface area contributed by atoms with E-state index in [1.807, 2.05) is 43.5 Å². The van der Waals surface area contributed by atoms with Gasteiger partial charge in [0.15, 0.2) is 5.13 Å². The summed E-state index contributed by atoms with van der Waals surface area (Å²) in [6.45, 7) is 3.92. The van der Waals surface area contributed by atoms with Crippen molar-refractivity contribution in [3.8, 4) is 23.0 Å². The molecule has 4 aromatic rings. The molecule has 7 nitrogen and oxygen atoms in total. The van der Waals surface area contributed by atoms with Crippen LogP contribution in [0.2, 0.25) is 0 Å². The molecule has 1 N–H and O–H groups in total. The molecule has 0 saturated heterocycles. The molecule has 1 amide bonds. The largest absolute Gasteiger partial charge is 0.429 e. The normalized spacial score (nSPS) is 10.7. The number of amides is 1. The third kappa shape index (κ3) is 3.61.